The first kappa shape index (κ1) is 15.5. The Bertz CT molecular complexity index is 297. The van der Waals surface area contributed by atoms with Crippen LogP contribution < -0.4 is 51.4 Å². The third-order valence-electron chi connectivity index (χ3n) is 1.57. The van der Waals surface area contributed by atoms with Crippen LogP contribution in [0.15, 0.2) is 34.9 Å². The van der Waals surface area contributed by atoms with Crippen molar-refractivity contribution < 1.29 is 73.5 Å². The maximum Gasteiger partial charge on any atom is 1.00 e. The van der Waals surface area contributed by atoms with Crippen molar-refractivity contribution in [1.29, 1.82) is 0 Å². The van der Waals surface area contributed by atoms with Crippen molar-refractivity contribution >= 4 is 6.98 Å². The van der Waals surface area contributed by atoms with Crippen LogP contribution in [-0.4, -0.2) is 13.6 Å². The molecule has 0 aromatic carbocycles. The van der Waals surface area contributed by atoms with Gasteiger partial charge >= 0.3 is 58.4 Å². The zero-order valence-corrected chi connectivity index (χ0v) is 11.5. The molecule has 1 aromatic rings. The van der Waals surface area contributed by atoms with E-state index in [9.17, 15) is 12.9 Å². The first-order valence-corrected chi connectivity index (χ1v) is 3.98. The van der Waals surface area contributed by atoms with Crippen LogP contribution in [0.25, 0.3) is 0 Å². The molecule has 7 heteroatoms. The van der Waals surface area contributed by atoms with Gasteiger partial charge in [0.05, 0.1) is 6.26 Å². The van der Waals surface area contributed by atoms with E-state index in [2.05, 4.69) is 6.58 Å². The van der Waals surface area contributed by atoms with Gasteiger partial charge in [-0.15, -0.1) is 12.1 Å². The fourth-order valence-electron chi connectivity index (χ4n) is 0.772. The van der Waals surface area contributed by atoms with Crippen LogP contribution in [0.2, 0.25) is 0 Å². The van der Waals surface area contributed by atoms with Gasteiger partial charge in [0.2, 0.25) is 0 Å². The Kier molecular flexibility index (Phi) is 7.14. The van der Waals surface area contributed by atoms with E-state index >= 15 is 0 Å². The zero-order valence-electron chi connectivity index (χ0n) is 8.38. The van der Waals surface area contributed by atoms with E-state index in [1.54, 1.807) is 12.1 Å². The van der Waals surface area contributed by atoms with Crippen molar-refractivity contribution in [1.82, 2.24) is 0 Å². The average molecular weight is 244 g/mol. The van der Waals surface area contributed by atoms with Crippen molar-refractivity contribution in [3.63, 3.8) is 0 Å². The van der Waals surface area contributed by atoms with Crippen LogP contribution in [0.3, 0.4) is 0 Å². The molecule has 0 aliphatic heterocycles. The van der Waals surface area contributed by atoms with Crippen LogP contribution in [0.1, 0.15) is 5.76 Å². The number of hydrogen-bond donors (Lipinski definition) is 0. The Morgan fingerprint density at radius 3 is 2.60 bits per heavy atom. The molecule has 0 amide bonds. The van der Waals surface area contributed by atoms with Crippen molar-refractivity contribution in [2.24, 2.45) is 0 Å². The molecule has 0 saturated heterocycles. The normalized spacial score (nSPS) is 10.9. The van der Waals surface area contributed by atoms with Crippen molar-refractivity contribution in [3.8, 4) is 0 Å². The van der Waals surface area contributed by atoms with Crippen LogP contribution in [0.4, 0.5) is 12.9 Å². The number of furan rings is 1. The summed E-state index contributed by atoms with van der Waals surface area (Å²) in [6.07, 6.45) is 1.43. The number of hydrogen-bond acceptors (Lipinski definition) is 2. The Labute approximate surface area is 128 Å². The number of rotatable bonds is 5. The average Bonchev–Trinajstić information content (AvgIpc) is 2.55. The smallest absolute Gasteiger partial charge is 0.467 e. The molecular weight excluding hydrogens is 235 g/mol. The first-order chi connectivity index (χ1) is 6.50. The molecule has 0 saturated carbocycles. The van der Waals surface area contributed by atoms with Gasteiger partial charge in [0.15, 0.2) is 0 Å². The molecule has 0 radical (unpaired) electrons. The summed E-state index contributed by atoms with van der Waals surface area (Å²) in [5.74, 6) is 0.493. The monoisotopic (exact) mass is 244 g/mol. The second-order valence-electron chi connectivity index (χ2n) is 2.81. The quantitative estimate of drug-likeness (QED) is 0.666. The van der Waals surface area contributed by atoms with Crippen LogP contribution >= 0.6 is 0 Å². The molecule has 0 atom stereocenters. The molecule has 15 heavy (non-hydrogen) atoms. The molecule has 1 rings (SSSR count). The molecule has 0 bridgehead atoms. The molecule has 0 spiro atoms. The molecule has 0 aliphatic rings. The Morgan fingerprint density at radius 1 is 1.47 bits per heavy atom. The Morgan fingerprint density at radius 2 is 2.13 bits per heavy atom. The van der Waals surface area contributed by atoms with E-state index in [1.165, 1.54) is 6.26 Å². The van der Waals surface area contributed by atoms with E-state index in [1.807, 2.05) is 0 Å². The van der Waals surface area contributed by atoms with Crippen LogP contribution in [-0.2, 0) is 11.3 Å². The van der Waals surface area contributed by atoms with Gasteiger partial charge in [-0.3, -0.25) is 0 Å². The topological polar surface area (TPSA) is 22.4 Å². The number of halogens is 3. The number of ether oxygens (including phenoxy) is 1. The molecular formula is C8H9BF3KO2. The zero-order chi connectivity index (χ0) is 10.6. The summed E-state index contributed by atoms with van der Waals surface area (Å²) in [7, 11) is 0. The maximum atomic E-state index is 12.0. The van der Waals surface area contributed by atoms with Gasteiger partial charge < -0.3 is 22.1 Å². The second kappa shape index (κ2) is 6.93. The third-order valence-corrected chi connectivity index (χ3v) is 1.57. The SMILES string of the molecule is C=C(COCc1ccco1)[B-](F)(F)F.[K+]. The van der Waals surface area contributed by atoms with E-state index in [0.717, 1.165) is 0 Å². The van der Waals surface area contributed by atoms with Crippen molar-refractivity contribution in [2.75, 3.05) is 6.61 Å². The standard InChI is InChI=1S/C8H9BF3O2.K/c1-7(9(10,11)12)5-13-6-8-3-2-4-14-8;/h2-4H,1,5-6H2;/q-1;+1. The van der Waals surface area contributed by atoms with Crippen LogP contribution in [0, 0.1) is 0 Å². The molecule has 0 fully saturated rings. The minimum Gasteiger partial charge on any atom is -0.467 e. The molecule has 0 unspecified atom stereocenters. The summed E-state index contributed by atoms with van der Waals surface area (Å²) in [6.45, 7) is -2.58. The Hall–Kier alpha value is 0.471. The predicted molar refractivity (Wildman–Crippen MR) is 46.6 cm³/mol. The van der Waals surface area contributed by atoms with E-state index in [4.69, 9.17) is 9.15 Å². The maximum absolute atomic E-state index is 12.0. The van der Waals surface area contributed by atoms with Gasteiger partial charge in [0.1, 0.15) is 12.4 Å². The third kappa shape index (κ3) is 5.94. The summed E-state index contributed by atoms with van der Waals surface area (Å²) in [5, 5.41) is 0. The Balaban J connectivity index is 0.00000196. The molecule has 1 heterocycles. The molecule has 0 aliphatic carbocycles. The minimum atomic E-state index is -4.99. The fourth-order valence-corrected chi connectivity index (χ4v) is 0.772. The van der Waals surface area contributed by atoms with Gasteiger partial charge in [0, 0.05) is 6.61 Å². The van der Waals surface area contributed by atoms with Gasteiger partial charge in [-0.05, 0) is 12.1 Å². The summed E-state index contributed by atoms with van der Waals surface area (Å²) < 4.78 is 45.6. The fraction of sp³-hybridized carbons (Fsp3) is 0.250. The van der Waals surface area contributed by atoms with Gasteiger partial charge in [-0.25, -0.2) is 0 Å². The van der Waals surface area contributed by atoms with E-state index in [-0.39, 0.29) is 58.0 Å². The predicted octanol–water partition coefficient (Wildman–Crippen LogP) is -0.257. The van der Waals surface area contributed by atoms with Gasteiger partial charge in [-0.1, -0.05) is 0 Å². The molecule has 1 aromatic heterocycles. The van der Waals surface area contributed by atoms with E-state index < -0.39 is 19.1 Å². The largest absolute Gasteiger partial charge is 1.00 e. The van der Waals surface area contributed by atoms with Crippen LogP contribution in [0.5, 0.6) is 0 Å². The summed E-state index contributed by atoms with van der Waals surface area (Å²) >= 11 is 0. The second-order valence-corrected chi connectivity index (χ2v) is 2.81. The molecule has 0 N–H and O–H groups in total. The van der Waals surface area contributed by atoms with Crippen molar-refractivity contribution in [2.45, 2.75) is 6.61 Å². The minimum absolute atomic E-state index is 0. The molecule has 2 nitrogen and oxygen atoms in total. The van der Waals surface area contributed by atoms with Crippen molar-refractivity contribution in [3.05, 3.63) is 36.2 Å². The van der Waals surface area contributed by atoms with E-state index in [0.29, 0.717) is 5.76 Å². The van der Waals surface area contributed by atoms with Gasteiger partial charge in [-0.2, -0.15) is 0 Å². The summed E-state index contributed by atoms with van der Waals surface area (Å²) in [5.41, 5.74) is -0.837. The molecule has 78 valence electrons. The summed E-state index contributed by atoms with van der Waals surface area (Å²) in [6, 6.07) is 3.27. The summed E-state index contributed by atoms with van der Waals surface area (Å²) in [4.78, 5) is 0. The van der Waals surface area contributed by atoms with Gasteiger partial charge in [0.25, 0.3) is 0 Å². The first-order valence-electron chi connectivity index (χ1n) is 3.98.